The molecule has 1 saturated heterocycles. The number of aliphatic hydroxyl groups excluding tert-OH is 1. The number of hydrogen-bond donors (Lipinski definition) is 2. The van der Waals surface area contributed by atoms with Gasteiger partial charge in [-0.05, 0) is 25.2 Å². The Labute approximate surface area is 108 Å². The molecule has 17 heavy (non-hydrogen) atoms. The van der Waals surface area contributed by atoms with E-state index in [2.05, 4.69) is 0 Å². The van der Waals surface area contributed by atoms with Gasteiger partial charge in [-0.25, -0.2) is 0 Å². The highest BCUT2D eigenvalue weighted by atomic mass is 32.1. The zero-order valence-corrected chi connectivity index (χ0v) is 11.2. The van der Waals surface area contributed by atoms with Crippen molar-refractivity contribution in [1.82, 2.24) is 4.90 Å². The average molecular weight is 258 g/mol. The van der Waals surface area contributed by atoms with E-state index in [4.69, 9.17) is 23.1 Å². The molecule has 1 fully saturated rings. The smallest absolute Gasteiger partial charge is 0.232 e. The minimum Gasteiger partial charge on any atom is -0.396 e. The molecule has 1 unspecified atom stereocenters. The minimum atomic E-state index is -0.305. The zero-order valence-electron chi connectivity index (χ0n) is 10.4. The summed E-state index contributed by atoms with van der Waals surface area (Å²) in [5, 5.41) is 9.05. The van der Waals surface area contributed by atoms with Gasteiger partial charge in [0.25, 0.3) is 0 Å². The van der Waals surface area contributed by atoms with E-state index in [1.807, 2.05) is 11.8 Å². The Morgan fingerprint density at radius 2 is 2.12 bits per heavy atom. The van der Waals surface area contributed by atoms with Crippen LogP contribution < -0.4 is 5.73 Å². The first-order valence-electron chi connectivity index (χ1n) is 6.29. The summed E-state index contributed by atoms with van der Waals surface area (Å²) in [6.07, 6.45) is 3.38. The molecule has 1 heterocycles. The quantitative estimate of drug-likeness (QED) is 0.720. The molecule has 1 aliphatic heterocycles. The SMILES string of the molecule is CCCC(C(=O)N1CCC(CO)CC1)C(N)=S. The Bertz CT molecular complexity index is 276. The number of nitrogens with zero attached hydrogens (tertiary/aromatic N) is 1. The maximum atomic E-state index is 12.2. The Hall–Kier alpha value is -0.680. The lowest BCUT2D eigenvalue weighted by Crippen LogP contribution is -2.45. The van der Waals surface area contributed by atoms with Crippen LogP contribution in [0.25, 0.3) is 0 Å². The number of thiocarbonyl (C=S) groups is 1. The molecule has 1 rings (SSSR count). The van der Waals surface area contributed by atoms with Gasteiger partial charge in [-0.1, -0.05) is 25.6 Å². The molecule has 0 saturated carbocycles. The lowest BCUT2D eigenvalue weighted by molar-refractivity contribution is -0.135. The normalized spacial score (nSPS) is 19.1. The Balaban J connectivity index is 2.54. The summed E-state index contributed by atoms with van der Waals surface area (Å²) in [5.74, 6) is 0.102. The highest BCUT2D eigenvalue weighted by Gasteiger charge is 2.28. The van der Waals surface area contributed by atoms with Crippen molar-refractivity contribution in [2.24, 2.45) is 17.6 Å². The van der Waals surface area contributed by atoms with E-state index in [1.54, 1.807) is 0 Å². The van der Waals surface area contributed by atoms with Gasteiger partial charge in [0, 0.05) is 19.7 Å². The maximum Gasteiger partial charge on any atom is 0.232 e. The second-order valence-corrected chi connectivity index (χ2v) is 5.17. The molecule has 0 bridgehead atoms. The standard InChI is InChI=1S/C12H22N2O2S/c1-2-3-10(11(13)17)12(16)14-6-4-9(8-15)5-7-14/h9-10,15H,2-8H2,1H3,(H2,13,17). The highest BCUT2D eigenvalue weighted by molar-refractivity contribution is 7.80. The summed E-state index contributed by atoms with van der Waals surface area (Å²) >= 11 is 4.96. The number of amides is 1. The van der Waals surface area contributed by atoms with Crippen LogP contribution >= 0.6 is 12.2 Å². The fourth-order valence-electron chi connectivity index (χ4n) is 2.23. The fourth-order valence-corrected chi connectivity index (χ4v) is 2.45. The Kier molecular flexibility index (Phi) is 5.85. The van der Waals surface area contributed by atoms with E-state index in [-0.39, 0.29) is 18.4 Å². The second-order valence-electron chi connectivity index (χ2n) is 4.69. The molecule has 1 aliphatic rings. The van der Waals surface area contributed by atoms with Crippen molar-refractivity contribution >= 4 is 23.1 Å². The van der Waals surface area contributed by atoms with E-state index in [9.17, 15) is 4.79 Å². The van der Waals surface area contributed by atoms with Crippen molar-refractivity contribution in [2.75, 3.05) is 19.7 Å². The molecular formula is C12H22N2O2S. The van der Waals surface area contributed by atoms with Crippen LogP contribution in [-0.4, -0.2) is 40.6 Å². The number of nitrogens with two attached hydrogens (primary N) is 1. The summed E-state index contributed by atoms with van der Waals surface area (Å²) < 4.78 is 0. The van der Waals surface area contributed by atoms with Gasteiger partial charge in [0.1, 0.15) is 0 Å². The van der Waals surface area contributed by atoms with Crippen molar-refractivity contribution in [3.8, 4) is 0 Å². The van der Waals surface area contributed by atoms with Gasteiger partial charge in [-0.2, -0.15) is 0 Å². The second kappa shape index (κ2) is 6.91. The van der Waals surface area contributed by atoms with Gasteiger partial charge in [-0.15, -0.1) is 0 Å². The number of aliphatic hydroxyl groups is 1. The molecule has 5 heteroatoms. The van der Waals surface area contributed by atoms with Crippen molar-refractivity contribution in [3.05, 3.63) is 0 Å². The van der Waals surface area contributed by atoms with Gasteiger partial charge < -0.3 is 15.7 Å². The van der Waals surface area contributed by atoms with Crippen molar-refractivity contribution in [1.29, 1.82) is 0 Å². The average Bonchev–Trinajstić information content (AvgIpc) is 2.35. The molecule has 0 spiro atoms. The van der Waals surface area contributed by atoms with E-state index in [0.29, 0.717) is 24.0 Å². The molecule has 0 radical (unpaired) electrons. The fraction of sp³-hybridized carbons (Fsp3) is 0.833. The molecule has 0 aromatic carbocycles. The van der Waals surface area contributed by atoms with Crippen LogP contribution in [0.1, 0.15) is 32.6 Å². The minimum absolute atomic E-state index is 0.0655. The third-order valence-electron chi connectivity index (χ3n) is 3.40. The number of piperidine rings is 1. The Morgan fingerprint density at radius 1 is 1.53 bits per heavy atom. The number of hydrogen-bond acceptors (Lipinski definition) is 3. The van der Waals surface area contributed by atoms with Crippen LogP contribution in [0.15, 0.2) is 0 Å². The molecule has 98 valence electrons. The van der Waals surface area contributed by atoms with Crippen LogP contribution in [-0.2, 0) is 4.79 Å². The van der Waals surface area contributed by atoms with E-state index in [0.717, 1.165) is 25.7 Å². The number of carbonyl (C=O) groups is 1. The number of likely N-dealkylation sites (tertiary alicyclic amines) is 1. The molecular weight excluding hydrogens is 236 g/mol. The molecule has 3 N–H and O–H groups in total. The third-order valence-corrected chi connectivity index (χ3v) is 3.69. The topological polar surface area (TPSA) is 66.6 Å². The van der Waals surface area contributed by atoms with E-state index in [1.165, 1.54) is 0 Å². The van der Waals surface area contributed by atoms with Gasteiger partial charge in [-0.3, -0.25) is 4.79 Å². The third kappa shape index (κ3) is 3.92. The first-order valence-corrected chi connectivity index (χ1v) is 6.69. The van der Waals surface area contributed by atoms with Crippen molar-refractivity contribution in [3.63, 3.8) is 0 Å². The summed E-state index contributed by atoms with van der Waals surface area (Å²) in [5.41, 5.74) is 5.63. The van der Waals surface area contributed by atoms with Gasteiger partial charge in [0.15, 0.2) is 0 Å². The van der Waals surface area contributed by atoms with Crippen LogP contribution in [0.2, 0.25) is 0 Å². The van der Waals surface area contributed by atoms with Gasteiger partial charge >= 0.3 is 0 Å². The predicted molar refractivity (Wildman–Crippen MR) is 71.6 cm³/mol. The molecule has 0 aromatic rings. The molecule has 0 aliphatic carbocycles. The monoisotopic (exact) mass is 258 g/mol. The van der Waals surface area contributed by atoms with Crippen molar-refractivity contribution < 1.29 is 9.90 Å². The zero-order chi connectivity index (χ0) is 12.8. The number of carbonyl (C=O) groups excluding carboxylic acids is 1. The molecule has 1 amide bonds. The van der Waals surface area contributed by atoms with Crippen LogP contribution in [0.3, 0.4) is 0 Å². The summed E-state index contributed by atoms with van der Waals surface area (Å²) in [7, 11) is 0. The van der Waals surface area contributed by atoms with Crippen molar-refractivity contribution in [2.45, 2.75) is 32.6 Å². The van der Waals surface area contributed by atoms with Gasteiger partial charge in [0.2, 0.25) is 5.91 Å². The highest BCUT2D eigenvalue weighted by Crippen LogP contribution is 2.20. The van der Waals surface area contributed by atoms with Crippen LogP contribution in [0, 0.1) is 11.8 Å². The molecule has 1 atom stereocenters. The summed E-state index contributed by atoms with van der Waals surface area (Å²) in [4.78, 5) is 14.4. The van der Waals surface area contributed by atoms with E-state index >= 15 is 0 Å². The number of rotatable bonds is 5. The first-order chi connectivity index (χ1) is 8.10. The summed E-state index contributed by atoms with van der Waals surface area (Å²) in [6, 6.07) is 0. The largest absolute Gasteiger partial charge is 0.396 e. The van der Waals surface area contributed by atoms with Crippen LogP contribution in [0.4, 0.5) is 0 Å². The van der Waals surface area contributed by atoms with Crippen LogP contribution in [0.5, 0.6) is 0 Å². The maximum absolute atomic E-state index is 12.2. The lowest BCUT2D eigenvalue weighted by atomic mass is 9.95. The Morgan fingerprint density at radius 3 is 2.53 bits per heavy atom. The lowest BCUT2D eigenvalue weighted by Gasteiger charge is -2.33. The molecule has 4 nitrogen and oxygen atoms in total. The predicted octanol–water partition coefficient (Wildman–Crippen LogP) is 0.920. The van der Waals surface area contributed by atoms with E-state index < -0.39 is 0 Å². The molecule has 0 aromatic heterocycles. The summed E-state index contributed by atoms with van der Waals surface area (Å²) in [6.45, 7) is 3.67. The van der Waals surface area contributed by atoms with Gasteiger partial charge in [0.05, 0.1) is 10.9 Å². The first kappa shape index (κ1) is 14.4.